The number of alkyl halides is 3. The smallest absolute Gasteiger partial charge is 0.416 e. The Morgan fingerprint density at radius 2 is 1.71 bits per heavy atom. The maximum Gasteiger partial charge on any atom is 0.416 e. The van der Waals surface area contributed by atoms with Crippen LogP contribution in [0.1, 0.15) is 19.4 Å². The molecule has 1 aromatic carbocycles. The molecule has 1 saturated heterocycles. The number of benzene rings is 1. The summed E-state index contributed by atoms with van der Waals surface area (Å²) >= 11 is 0. The molecule has 0 bridgehead atoms. The molecule has 1 aliphatic rings. The first kappa shape index (κ1) is 12.2. The third-order valence-corrected chi connectivity index (χ3v) is 2.67. The van der Waals surface area contributed by atoms with Crippen LogP contribution in [0.5, 0.6) is 5.75 Å². The van der Waals surface area contributed by atoms with Gasteiger partial charge in [-0.1, -0.05) is 0 Å². The van der Waals surface area contributed by atoms with Gasteiger partial charge in [0.2, 0.25) is 0 Å². The molecule has 17 heavy (non-hydrogen) atoms. The molecule has 1 atom stereocenters. The minimum atomic E-state index is -4.31. The molecule has 94 valence electrons. The Labute approximate surface area is 97.3 Å². The average molecular weight is 246 g/mol. The number of hydrogen-bond donors (Lipinski definition) is 0. The molecule has 1 heterocycles. The van der Waals surface area contributed by atoms with E-state index in [1.54, 1.807) is 0 Å². The van der Waals surface area contributed by atoms with E-state index < -0.39 is 17.3 Å². The van der Waals surface area contributed by atoms with Crippen LogP contribution in [-0.2, 0) is 10.9 Å². The first-order chi connectivity index (χ1) is 7.79. The summed E-state index contributed by atoms with van der Waals surface area (Å²) in [7, 11) is 0. The zero-order valence-electron chi connectivity index (χ0n) is 9.54. The molecular formula is C12H13F3O2. The second kappa shape index (κ2) is 3.91. The lowest BCUT2D eigenvalue weighted by molar-refractivity contribution is -0.137. The molecular weight excluding hydrogens is 233 g/mol. The molecule has 0 N–H and O–H groups in total. The Bertz CT molecular complexity index is 391. The SMILES string of the molecule is CC(C)(Oc1ccc(C(F)(F)F)cc1)C1CO1. The Morgan fingerprint density at radius 3 is 2.12 bits per heavy atom. The van der Waals surface area contributed by atoms with Crippen LogP contribution in [0.3, 0.4) is 0 Å². The summed E-state index contributed by atoms with van der Waals surface area (Å²) in [5.74, 6) is 0.415. The molecule has 0 amide bonds. The predicted octanol–water partition coefficient (Wildman–Crippen LogP) is 3.26. The van der Waals surface area contributed by atoms with E-state index in [1.807, 2.05) is 13.8 Å². The van der Waals surface area contributed by atoms with Gasteiger partial charge in [0.25, 0.3) is 0 Å². The van der Waals surface area contributed by atoms with Gasteiger partial charge in [-0.3, -0.25) is 0 Å². The fraction of sp³-hybridized carbons (Fsp3) is 0.500. The number of hydrogen-bond acceptors (Lipinski definition) is 2. The average Bonchev–Trinajstić information content (AvgIpc) is 2.99. The van der Waals surface area contributed by atoms with Crippen LogP contribution in [0.2, 0.25) is 0 Å². The zero-order chi connectivity index (χ0) is 12.7. The molecule has 2 nitrogen and oxygen atoms in total. The second-order valence-electron chi connectivity index (χ2n) is 4.55. The van der Waals surface area contributed by atoms with E-state index in [0.29, 0.717) is 12.4 Å². The van der Waals surface area contributed by atoms with Gasteiger partial charge in [-0.15, -0.1) is 0 Å². The van der Waals surface area contributed by atoms with Crippen molar-refractivity contribution in [2.75, 3.05) is 6.61 Å². The minimum absolute atomic E-state index is 0.0183. The summed E-state index contributed by atoms with van der Waals surface area (Å²) in [6.07, 6.45) is -4.29. The van der Waals surface area contributed by atoms with E-state index >= 15 is 0 Å². The van der Waals surface area contributed by atoms with Gasteiger partial charge in [0.1, 0.15) is 17.5 Å². The number of rotatable bonds is 3. The van der Waals surface area contributed by atoms with E-state index in [0.717, 1.165) is 12.1 Å². The van der Waals surface area contributed by atoms with Crippen molar-refractivity contribution in [2.45, 2.75) is 31.7 Å². The van der Waals surface area contributed by atoms with Crippen molar-refractivity contribution in [3.63, 3.8) is 0 Å². The van der Waals surface area contributed by atoms with Crippen LogP contribution in [0.4, 0.5) is 13.2 Å². The molecule has 0 radical (unpaired) electrons. The topological polar surface area (TPSA) is 21.8 Å². The predicted molar refractivity (Wildman–Crippen MR) is 55.9 cm³/mol. The van der Waals surface area contributed by atoms with Crippen LogP contribution < -0.4 is 4.74 Å². The largest absolute Gasteiger partial charge is 0.485 e. The first-order valence-corrected chi connectivity index (χ1v) is 5.27. The molecule has 0 aliphatic carbocycles. The maximum absolute atomic E-state index is 12.3. The number of ether oxygens (including phenoxy) is 2. The van der Waals surface area contributed by atoms with Crippen LogP contribution in [0, 0.1) is 0 Å². The van der Waals surface area contributed by atoms with Crippen molar-refractivity contribution in [2.24, 2.45) is 0 Å². The molecule has 1 unspecified atom stereocenters. The first-order valence-electron chi connectivity index (χ1n) is 5.27. The Hall–Kier alpha value is -1.23. The van der Waals surface area contributed by atoms with Crippen LogP contribution in [0.25, 0.3) is 0 Å². The quantitative estimate of drug-likeness (QED) is 0.763. The molecule has 0 spiro atoms. The molecule has 1 aromatic rings. The molecule has 5 heteroatoms. The van der Waals surface area contributed by atoms with Crippen molar-refractivity contribution >= 4 is 0 Å². The van der Waals surface area contributed by atoms with Crippen molar-refractivity contribution in [1.82, 2.24) is 0 Å². The van der Waals surface area contributed by atoms with Crippen LogP contribution >= 0.6 is 0 Å². The number of halogens is 3. The van der Waals surface area contributed by atoms with E-state index in [1.165, 1.54) is 12.1 Å². The highest BCUT2D eigenvalue weighted by atomic mass is 19.4. The summed E-state index contributed by atoms with van der Waals surface area (Å²) in [5, 5.41) is 0. The molecule has 1 aliphatic heterocycles. The highest BCUT2D eigenvalue weighted by molar-refractivity contribution is 5.29. The van der Waals surface area contributed by atoms with Gasteiger partial charge in [0.15, 0.2) is 0 Å². The summed E-state index contributed by atoms with van der Waals surface area (Å²) in [4.78, 5) is 0. The Morgan fingerprint density at radius 1 is 1.18 bits per heavy atom. The standard InChI is InChI=1S/C12H13F3O2/c1-11(2,10-7-16-10)17-9-5-3-8(4-6-9)12(13,14)15/h3-6,10H,7H2,1-2H3. The molecule has 1 fully saturated rings. The Kier molecular flexibility index (Phi) is 2.81. The second-order valence-corrected chi connectivity index (χ2v) is 4.55. The molecule has 2 rings (SSSR count). The van der Waals surface area contributed by atoms with E-state index in [4.69, 9.17) is 9.47 Å². The van der Waals surface area contributed by atoms with Crippen LogP contribution in [-0.4, -0.2) is 18.3 Å². The minimum Gasteiger partial charge on any atom is -0.485 e. The van der Waals surface area contributed by atoms with Gasteiger partial charge in [-0.2, -0.15) is 13.2 Å². The third-order valence-electron chi connectivity index (χ3n) is 2.67. The van der Waals surface area contributed by atoms with Gasteiger partial charge >= 0.3 is 6.18 Å². The normalized spacial score (nSPS) is 20.2. The molecule has 0 saturated carbocycles. The van der Waals surface area contributed by atoms with Crippen molar-refractivity contribution in [3.8, 4) is 5.75 Å². The lowest BCUT2D eigenvalue weighted by Crippen LogP contribution is -2.34. The van der Waals surface area contributed by atoms with E-state index in [-0.39, 0.29) is 6.10 Å². The van der Waals surface area contributed by atoms with Gasteiger partial charge < -0.3 is 9.47 Å². The summed E-state index contributed by atoms with van der Waals surface area (Å²) in [6, 6.07) is 4.68. The van der Waals surface area contributed by atoms with E-state index in [2.05, 4.69) is 0 Å². The third kappa shape index (κ3) is 2.91. The van der Waals surface area contributed by atoms with Gasteiger partial charge in [0, 0.05) is 0 Å². The lowest BCUT2D eigenvalue weighted by atomic mass is 10.1. The summed E-state index contributed by atoms with van der Waals surface area (Å²) in [5.41, 5.74) is -1.19. The highest BCUT2D eigenvalue weighted by Crippen LogP contribution is 2.33. The van der Waals surface area contributed by atoms with Crippen molar-refractivity contribution < 1.29 is 22.6 Å². The molecule has 0 aromatic heterocycles. The fourth-order valence-electron chi connectivity index (χ4n) is 1.53. The maximum atomic E-state index is 12.3. The van der Waals surface area contributed by atoms with Gasteiger partial charge in [0.05, 0.1) is 12.2 Å². The van der Waals surface area contributed by atoms with Gasteiger partial charge in [-0.05, 0) is 38.1 Å². The fourth-order valence-corrected chi connectivity index (χ4v) is 1.53. The summed E-state index contributed by atoms with van der Waals surface area (Å²) < 4.78 is 47.7. The highest BCUT2D eigenvalue weighted by Gasteiger charge is 2.41. The van der Waals surface area contributed by atoms with E-state index in [9.17, 15) is 13.2 Å². The Balaban J connectivity index is 2.08. The van der Waals surface area contributed by atoms with Crippen LogP contribution in [0.15, 0.2) is 24.3 Å². The lowest BCUT2D eigenvalue weighted by Gasteiger charge is -2.24. The van der Waals surface area contributed by atoms with Gasteiger partial charge in [-0.25, -0.2) is 0 Å². The monoisotopic (exact) mass is 246 g/mol. The zero-order valence-corrected chi connectivity index (χ0v) is 9.54. The van der Waals surface area contributed by atoms with Crippen molar-refractivity contribution in [1.29, 1.82) is 0 Å². The summed E-state index contributed by atoms with van der Waals surface area (Å²) in [6.45, 7) is 4.33. The van der Waals surface area contributed by atoms with Crippen molar-refractivity contribution in [3.05, 3.63) is 29.8 Å². The number of epoxide rings is 1.